The SMILES string of the molecule is NC(=O)C[C@@H]1CCC[C@H](O)C1. The van der Waals surface area contributed by atoms with E-state index in [0.717, 1.165) is 25.7 Å². The summed E-state index contributed by atoms with van der Waals surface area (Å²) in [6.45, 7) is 0. The second-order valence-corrected chi connectivity index (χ2v) is 3.36. The number of primary amides is 1. The lowest BCUT2D eigenvalue weighted by atomic mass is 9.85. The Morgan fingerprint density at radius 1 is 1.55 bits per heavy atom. The predicted molar refractivity (Wildman–Crippen MR) is 41.8 cm³/mol. The van der Waals surface area contributed by atoms with Gasteiger partial charge in [-0.3, -0.25) is 4.79 Å². The van der Waals surface area contributed by atoms with Gasteiger partial charge in [0.05, 0.1) is 6.10 Å². The number of carbonyl (C=O) groups is 1. The molecule has 1 saturated carbocycles. The van der Waals surface area contributed by atoms with E-state index in [1.54, 1.807) is 0 Å². The molecule has 0 aromatic heterocycles. The van der Waals surface area contributed by atoms with E-state index in [1.165, 1.54) is 0 Å². The van der Waals surface area contributed by atoms with Gasteiger partial charge in [-0.1, -0.05) is 6.42 Å². The molecule has 1 amide bonds. The quantitative estimate of drug-likeness (QED) is 0.610. The molecule has 1 rings (SSSR count). The van der Waals surface area contributed by atoms with E-state index in [9.17, 15) is 9.90 Å². The molecule has 1 fully saturated rings. The Hall–Kier alpha value is -0.570. The van der Waals surface area contributed by atoms with Crippen molar-refractivity contribution in [3.05, 3.63) is 0 Å². The Labute approximate surface area is 66.6 Å². The lowest BCUT2D eigenvalue weighted by Gasteiger charge is -2.24. The molecule has 3 N–H and O–H groups in total. The van der Waals surface area contributed by atoms with Crippen molar-refractivity contribution in [3.63, 3.8) is 0 Å². The summed E-state index contributed by atoms with van der Waals surface area (Å²) >= 11 is 0. The third-order valence-corrected chi connectivity index (χ3v) is 2.24. The maximum Gasteiger partial charge on any atom is 0.217 e. The minimum atomic E-state index is -0.246. The van der Waals surface area contributed by atoms with Crippen LogP contribution in [-0.4, -0.2) is 17.1 Å². The van der Waals surface area contributed by atoms with Crippen LogP contribution < -0.4 is 5.73 Å². The third kappa shape index (κ3) is 2.89. The second-order valence-electron chi connectivity index (χ2n) is 3.36. The first-order valence-corrected chi connectivity index (χ1v) is 4.15. The Bertz CT molecular complexity index is 147. The molecule has 0 saturated heterocycles. The highest BCUT2D eigenvalue weighted by molar-refractivity contribution is 5.73. The number of aliphatic hydroxyl groups excluding tert-OH is 1. The lowest BCUT2D eigenvalue weighted by molar-refractivity contribution is -0.119. The molecule has 0 aromatic carbocycles. The highest BCUT2D eigenvalue weighted by atomic mass is 16.3. The van der Waals surface area contributed by atoms with E-state index in [1.807, 2.05) is 0 Å². The zero-order valence-corrected chi connectivity index (χ0v) is 6.62. The fraction of sp³-hybridized carbons (Fsp3) is 0.875. The van der Waals surface area contributed by atoms with Crippen LogP contribution in [0, 0.1) is 5.92 Å². The first kappa shape index (κ1) is 8.53. The van der Waals surface area contributed by atoms with Crippen molar-refractivity contribution >= 4 is 5.91 Å². The van der Waals surface area contributed by atoms with Crippen LogP contribution in [0.2, 0.25) is 0 Å². The topological polar surface area (TPSA) is 63.3 Å². The van der Waals surface area contributed by atoms with Gasteiger partial charge < -0.3 is 10.8 Å². The van der Waals surface area contributed by atoms with Crippen LogP contribution in [0.4, 0.5) is 0 Å². The van der Waals surface area contributed by atoms with Crippen LogP contribution in [0.5, 0.6) is 0 Å². The monoisotopic (exact) mass is 157 g/mol. The number of hydrogen-bond donors (Lipinski definition) is 2. The normalized spacial score (nSPS) is 31.7. The van der Waals surface area contributed by atoms with E-state index < -0.39 is 0 Å². The minimum Gasteiger partial charge on any atom is -0.393 e. The number of carbonyl (C=O) groups excluding carboxylic acids is 1. The summed E-state index contributed by atoms with van der Waals surface area (Å²) in [7, 11) is 0. The van der Waals surface area contributed by atoms with Gasteiger partial charge in [-0.2, -0.15) is 0 Å². The van der Waals surface area contributed by atoms with Crippen LogP contribution in [-0.2, 0) is 4.79 Å². The fourth-order valence-electron chi connectivity index (χ4n) is 1.73. The standard InChI is InChI=1S/C8H15NO2/c9-8(11)5-6-2-1-3-7(10)4-6/h6-7,10H,1-5H2,(H2,9,11)/t6-,7+/m1/s1. The van der Waals surface area contributed by atoms with Crippen LogP contribution >= 0.6 is 0 Å². The van der Waals surface area contributed by atoms with Crippen LogP contribution in [0.3, 0.4) is 0 Å². The van der Waals surface area contributed by atoms with Crippen molar-refractivity contribution in [2.45, 2.75) is 38.2 Å². The molecule has 3 heteroatoms. The van der Waals surface area contributed by atoms with E-state index in [2.05, 4.69) is 0 Å². The van der Waals surface area contributed by atoms with Gasteiger partial charge in [0, 0.05) is 6.42 Å². The number of aliphatic hydroxyl groups is 1. The predicted octanol–water partition coefficient (Wildman–Crippen LogP) is 0.413. The third-order valence-electron chi connectivity index (χ3n) is 2.24. The average molecular weight is 157 g/mol. The second kappa shape index (κ2) is 3.72. The molecule has 0 aromatic rings. The summed E-state index contributed by atoms with van der Waals surface area (Å²) in [5, 5.41) is 9.24. The van der Waals surface area contributed by atoms with E-state index >= 15 is 0 Å². The van der Waals surface area contributed by atoms with Crippen molar-refractivity contribution in [2.24, 2.45) is 11.7 Å². The molecular formula is C8H15NO2. The van der Waals surface area contributed by atoms with E-state index in [0.29, 0.717) is 12.3 Å². The van der Waals surface area contributed by atoms with E-state index in [4.69, 9.17) is 5.73 Å². The van der Waals surface area contributed by atoms with Gasteiger partial charge in [-0.05, 0) is 25.2 Å². The highest BCUT2D eigenvalue weighted by Crippen LogP contribution is 2.26. The molecule has 1 aliphatic carbocycles. The van der Waals surface area contributed by atoms with Crippen LogP contribution in [0.25, 0.3) is 0 Å². The van der Waals surface area contributed by atoms with Gasteiger partial charge in [0.15, 0.2) is 0 Å². The molecule has 2 atom stereocenters. The van der Waals surface area contributed by atoms with Crippen molar-refractivity contribution < 1.29 is 9.90 Å². The van der Waals surface area contributed by atoms with Crippen molar-refractivity contribution in [3.8, 4) is 0 Å². The molecule has 0 unspecified atom stereocenters. The molecule has 0 aliphatic heterocycles. The molecule has 11 heavy (non-hydrogen) atoms. The number of amides is 1. The molecule has 0 bridgehead atoms. The molecule has 0 spiro atoms. The van der Waals surface area contributed by atoms with Crippen molar-refractivity contribution in [1.29, 1.82) is 0 Å². The maximum atomic E-state index is 10.5. The number of hydrogen-bond acceptors (Lipinski definition) is 2. The summed E-state index contributed by atoms with van der Waals surface area (Å²) in [5.74, 6) is 0.0837. The van der Waals surface area contributed by atoms with Crippen molar-refractivity contribution in [2.75, 3.05) is 0 Å². The molecule has 0 heterocycles. The smallest absolute Gasteiger partial charge is 0.217 e. The van der Waals surface area contributed by atoms with Crippen molar-refractivity contribution in [1.82, 2.24) is 0 Å². The Kier molecular flexibility index (Phi) is 2.88. The van der Waals surface area contributed by atoms with Gasteiger partial charge in [-0.25, -0.2) is 0 Å². The molecular weight excluding hydrogens is 142 g/mol. The summed E-state index contributed by atoms with van der Waals surface area (Å²) in [6.07, 6.45) is 3.95. The molecule has 1 aliphatic rings. The Morgan fingerprint density at radius 3 is 2.82 bits per heavy atom. The van der Waals surface area contributed by atoms with Crippen LogP contribution in [0.15, 0.2) is 0 Å². The van der Waals surface area contributed by atoms with Gasteiger partial charge in [-0.15, -0.1) is 0 Å². The van der Waals surface area contributed by atoms with Gasteiger partial charge >= 0.3 is 0 Å². The average Bonchev–Trinajstić information content (AvgIpc) is 1.85. The highest BCUT2D eigenvalue weighted by Gasteiger charge is 2.21. The zero-order valence-electron chi connectivity index (χ0n) is 6.62. The summed E-state index contributed by atoms with van der Waals surface area (Å²) in [4.78, 5) is 10.5. The van der Waals surface area contributed by atoms with E-state index in [-0.39, 0.29) is 12.0 Å². The maximum absolute atomic E-state index is 10.5. The van der Waals surface area contributed by atoms with Gasteiger partial charge in [0.1, 0.15) is 0 Å². The summed E-state index contributed by atoms with van der Waals surface area (Å²) in [5.41, 5.74) is 5.05. The zero-order chi connectivity index (χ0) is 8.27. The summed E-state index contributed by atoms with van der Waals surface area (Å²) < 4.78 is 0. The Balaban J connectivity index is 2.28. The number of nitrogens with two attached hydrogens (primary N) is 1. The molecule has 3 nitrogen and oxygen atoms in total. The molecule has 64 valence electrons. The largest absolute Gasteiger partial charge is 0.393 e. The fourth-order valence-corrected chi connectivity index (χ4v) is 1.73. The van der Waals surface area contributed by atoms with Gasteiger partial charge in [0.25, 0.3) is 0 Å². The lowest BCUT2D eigenvalue weighted by Crippen LogP contribution is -2.24. The first-order chi connectivity index (χ1) is 5.18. The van der Waals surface area contributed by atoms with Gasteiger partial charge in [0.2, 0.25) is 5.91 Å². The first-order valence-electron chi connectivity index (χ1n) is 4.15. The Morgan fingerprint density at radius 2 is 2.27 bits per heavy atom. The van der Waals surface area contributed by atoms with Crippen LogP contribution in [0.1, 0.15) is 32.1 Å². The summed E-state index contributed by atoms with van der Waals surface area (Å²) in [6, 6.07) is 0. The molecule has 0 radical (unpaired) electrons. The number of rotatable bonds is 2. The minimum absolute atomic E-state index is 0.201.